The molecule has 1 aromatic heterocycles. The van der Waals surface area contributed by atoms with Gasteiger partial charge in [0, 0.05) is 0 Å². The molecule has 0 saturated carbocycles. The normalized spacial score (nSPS) is 10.7. The smallest absolute Gasteiger partial charge is 0.372 e. The quantitative estimate of drug-likeness (QED) is 0.580. The summed E-state index contributed by atoms with van der Waals surface area (Å²) in [5.41, 5.74) is 9.70. The molecular formula is C7H8F2N4O2. The Morgan fingerprint density at radius 3 is 2.60 bits per heavy atom. The van der Waals surface area contributed by atoms with Crippen LogP contribution in [0.25, 0.3) is 0 Å². The molecule has 0 bridgehead atoms. The molecule has 8 heteroatoms. The Morgan fingerprint density at radius 1 is 1.60 bits per heavy atom. The van der Waals surface area contributed by atoms with Crippen molar-refractivity contribution in [1.82, 2.24) is 4.98 Å². The largest absolute Gasteiger partial charge is 0.395 e. The van der Waals surface area contributed by atoms with Crippen molar-refractivity contribution in [2.75, 3.05) is 5.73 Å². The molecule has 6 nitrogen and oxygen atoms in total. The van der Waals surface area contributed by atoms with Gasteiger partial charge < -0.3 is 21.6 Å². The number of pyridine rings is 1. The number of nitrogens with two attached hydrogens (primary N) is 2. The van der Waals surface area contributed by atoms with Crippen LogP contribution < -0.4 is 11.5 Å². The van der Waals surface area contributed by atoms with Crippen molar-refractivity contribution in [3.05, 3.63) is 27.4 Å². The molecule has 0 aliphatic rings. The third kappa shape index (κ3) is 2.15. The number of nitro groups is 1. The molecule has 1 aromatic rings. The summed E-state index contributed by atoms with van der Waals surface area (Å²) in [6.07, 6.45) is -2.99. The highest BCUT2D eigenvalue weighted by Gasteiger charge is 2.25. The highest BCUT2D eigenvalue weighted by atomic mass is 19.3. The number of alkyl halides is 2. The Hall–Kier alpha value is -1.83. The predicted octanol–water partition coefficient (Wildman–Crippen LogP) is 0.968. The number of anilines is 1. The molecule has 0 atom stereocenters. The Kier molecular flexibility index (Phi) is 3.10. The van der Waals surface area contributed by atoms with Gasteiger partial charge in [-0.05, 0) is 16.0 Å². The summed E-state index contributed by atoms with van der Waals surface area (Å²) in [5.74, 6) is -0.903. The fraction of sp³-hybridized carbons (Fsp3) is 0.286. The van der Waals surface area contributed by atoms with E-state index in [0.29, 0.717) is 0 Å². The fourth-order valence-electron chi connectivity index (χ4n) is 1.04. The van der Waals surface area contributed by atoms with Crippen LogP contribution in [0.4, 0.5) is 20.3 Å². The molecule has 82 valence electrons. The van der Waals surface area contributed by atoms with E-state index in [0.717, 1.165) is 6.07 Å². The van der Waals surface area contributed by atoms with Crippen LogP contribution in [0.1, 0.15) is 17.7 Å². The van der Waals surface area contributed by atoms with Gasteiger partial charge in [-0.15, -0.1) is 0 Å². The van der Waals surface area contributed by atoms with E-state index in [2.05, 4.69) is 4.98 Å². The lowest BCUT2D eigenvalue weighted by Crippen LogP contribution is -2.09. The standard InChI is InChI=1S/C7H8F2N4O2/c8-6(9)3-1-4(11)5(2-10)12-7(3)13(14)15/h1,6H,2,10-11H2. The Balaban J connectivity index is 3.39. The van der Waals surface area contributed by atoms with Crippen LogP contribution in [0.2, 0.25) is 0 Å². The van der Waals surface area contributed by atoms with Crippen LogP contribution in [-0.4, -0.2) is 9.91 Å². The third-order valence-corrected chi connectivity index (χ3v) is 1.74. The van der Waals surface area contributed by atoms with Gasteiger partial charge in [-0.1, -0.05) is 0 Å². The fourth-order valence-corrected chi connectivity index (χ4v) is 1.04. The molecule has 0 aromatic carbocycles. The van der Waals surface area contributed by atoms with Crippen LogP contribution in [0.3, 0.4) is 0 Å². The van der Waals surface area contributed by atoms with Crippen molar-refractivity contribution in [1.29, 1.82) is 0 Å². The second kappa shape index (κ2) is 4.13. The highest BCUT2D eigenvalue weighted by molar-refractivity contribution is 5.51. The van der Waals surface area contributed by atoms with Crippen LogP contribution in [-0.2, 0) is 6.54 Å². The number of rotatable bonds is 3. The Bertz CT molecular complexity index is 397. The van der Waals surface area contributed by atoms with Crippen molar-refractivity contribution in [3.63, 3.8) is 0 Å². The monoisotopic (exact) mass is 218 g/mol. The van der Waals surface area contributed by atoms with Crippen molar-refractivity contribution in [2.24, 2.45) is 5.73 Å². The maximum Gasteiger partial charge on any atom is 0.372 e. The van der Waals surface area contributed by atoms with Crippen LogP contribution >= 0.6 is 0 Å². The van der Waals surface area contributed by atoms with Gasteiger partial charge in [0.25, 0.3) is 6.43 Å². The minimum absolute atomic E-state index is 0.0334. The zero-order valence-corrected chi connectivity index (χ0v) is 7.48. The lowest BCUT2D eigenvalue weighted by molar-refractivity contribution is -0.391. The second-order valence-electron chi connectivity index (χ2n) is 2.70. The first kappa shape index (κ1) is 11.2. The molecule has 0 unspecified atom stereocenters. The van der Waals surface area contributed by atoms with Crippen molar-refractivity contribution < 1.29 is 13.7 Å². The molecule has 1 rings (SSSR count). The van der Waals surface area contributed by atoms with E-state index >= 15 is 0 Å². The SMILES string of the molecule is NCc1nc([N+](=O)[O-])c(C(F)F)cc1N. The van der Waals surface area contributed by atoms with Crippen LogP contribution in [0.15, 0.2) is 6.07 Å². The van der Waals surface area contributed by atoms with E-state index in [-0.39, 0.29) is 17.9 Å². The number of aromatic nitrogens is 1. The average molecular weight is 218 g/mol. The maximum absolute atomic E-state index is 12.4. The predicted molar refractivity (Wildman–Crippen MR) is 48.2 cm³/mol. The van der Waals surface area contributed by atoms with Gasteiger partial charge in [0.2, 0.25) is 0 Å². The molecule has 4 N–H and O–H groups in total. The lowest BCUT2D eigenvalue weighted by Gasteiger charge is -2.04. The Labute approximate surface area is 83.0 Å². The van der Waals surface area contributed by atoms with Gasteiger partial charge in [-0.25, -0.2) is 8.78 Å². The molecular weight excluding hydrogens is 210 g/mol. The van der Waals surface area contributed by atoms with Crippen LogP contribution in [0, 0.1) is 10.1 Å². The van der Waals surface area contributed by atoms with E-state index < -0.39 is 22.7 Å². The van der Waals surface area contributed by atoms with Gasteiger partial charge >= 0.3 is 5.82 Å². The molecule has 0 radical (unpaired) electrons. The van der Waals surface area contributed by atoms with E-state index in [1.807, 2.05) is 0 Å². The Morgan fingerprint density at radius 2 is 2.20 bits per heavy atom. The zero-order valence-electron chi connectivity index (χ0n) is 7.48. The highest BCUT2D eigenvalue weighted by Crippen LogP contribution is 2.29. The summed E-state index contributed by atoms with van der Waals surface area (Å²) >= 11 is 0. The summed E-state index contributed by atoms with van der Waals surface area (Å²) in [7, 11) is 0. The van der Waals surface area contributed by atoms with Gasteiger partial charge in [0.15, 0.2) is 5.69 Å². The molecule has 0 spiro atoms. The molecule has 1 heterocycles. The van der Waals surface area contributed by atoms with E-state index in [1.165, 1.54) is 0 Å². The van der Waals surface area contributed by atoms with Gasteiger partial charge in [-0.2, -0.15) is 0 Å². The minimum atomic E-state index is -2.99. The second-order valence-corrected chi connectivity index (χ2v) is 2.70. The number of nitrogen functional groups attached to an aromatic ring is 1. The lowest BCUT2D eigenvalue weighted by atomic mass is 10.2. The van der Waals surface area contributed by atoms with E-state index in [4.69, 9.17) is 11.5 Å². The van der Waals surface area contributed by atoms with Crippen LogP contribution in [0.5, 0.6) is 0 Å². The molecule has 0 fully saturated rings. The van der Waals surface area contributed by atoms with Gasteiger partial charge in [0.05, 0.1) is 12.2 Å². The zero-order chi connectivity index (χ0) is 11.6. The summed E-state index contributed by atoms with van der Waals surface area (Å²) in [6, 6.07) is 0.831. The minimum Gasteiger partial charge on any atom is -0.395 e. The molecule has 0 aliphatic carbocycles. The summed E-state index contributed by atoms with van der Waals surface area (Å²) in [5, 5.41) is 10.4. The third-order valence-electron chi connectivity index (χ3n) is 1.74. The summed E-state index contributed by atoms with van der Waals surface area (Å²) in [4.78, 5) is 12.8. The van der Waals surface area contributed by atoms with Gasteiger partial charge in [-0.3, -0.25) is 0 Å². The average Bonchev–Trinajstić information content (AvgIpc) is 2.16. The number of hydrogen-bond donors (Lipinski definition) is 2. The first-order chi connectivity index (χ1) is 6.97. The number of halogens is 2. The van der Waals surface area contributed by atoms with E-state index in [1.54, 1.807) is 0 Å². The number of hydrogen-bond acceptors (Lipinski definition) is 5. The first-order valence-corrected chi connectivity index (χ1v) is 3.89. The topological polar surface area (TPSA) is 108 Å². The summed E-state index contributed by atoms with van der Waals surface area (Å²) in [6.45, 7) is -0.143. The van der Waals surface area contributed by atoms with Crippen molar-refractivity contribution in [2.45, 2.75) is 13.0 Å². The molecule has 0 aliphatic heterocycles. The maximum atomic E-state index is 12.4. The molecule has 0 saturated heterocycles. The molecule has 0 amide bonds. The summed E-state index contributed by atoms with van der Waals surface area (Å²) < 4.78 is 24.7. The van der Waals surface area contributed by atoms with Gasteiger partial charge in [0.1, 0.15) is 5.56 Å². The molecule has 15 heavy (non-hydrogen) atoms. The van der Waals surface area contributed by atoms with Crippen molar-refractivity contribution in [3.8, 4) is 0 Å². The number of nitrogens with zero attached hydrogens (tertiary/aromatic N) is 2. The first-order valence-electron chi connectivity index (χ1n) is 3.89. The van der Waals surface area contributed by atoms with E-state index in [9.17, 15) is 18.9 Å². The van der Waals surface area contributed by atoms with Crippen molar-refractivity contribution >= 4 is 11.5 Å².